The van der Waals surface area contributed by atoms with Gasteiger partial charge in [0.15, 0.2) is 0 Å². The van der Waals surface area contributed by atoms with Crippen LogP contribution in [0.2, 0.25) is 0 Å². The molecule has 0 fully saturated rings. The van der Waals surface area contributed by atoms with Crippen LogP contribution >= 0.6 is 0 Å². The van der Waals surface area contributed by atoms with Crippen LogP contribution in [0.5, 0.6) is 0 Å². The predicted octanol–water partition coefficient (Wildman–Crippen LogP) is -0.340. The Morgan fingerprint density at radius 3 is 3.17 bits per heavy atom. The first-order valence-electron chi connectivity index (χ1n) is 3.26. The van der Waals surface area contributed by atoms with Gasteiger partial charge in [-0.15, -0.1) is 0 Å². The van der Waals surface area contributed by atoms with Gasteiger partial charge in [-0.25, -0.2) is 4.98 Å². The van der Waals surface area contributed by atoms with Crippen LogP contribution in [0.15, 0.2) is 10.9 Å². The number of aryl methyl sites for hydroxylation is 1. The smallest absolute Gasteiger partial charge is 0.289 e. The summed E-state index contributed by atoms with van der Waals surface area (Å²) in [6, 6.07) is 0. The zero-order valence-electron chi connectivity index (χ0n) is 6.31. The van der Waals surface area contributed by atoms with Crippen molar-refractivity contribution in [1.29, 1.82) is 0 Å². The highest BCUT2D eigenvalue weighted by Gasteiger charge is 2.16. The number of nitrogens with two attached hydrogens (primary N) is 1. The van der Waals surface area contributed by atoms with Gasteiger partial charge in [0.2, 0.25) is 11.4 Å². The number of amides is 1. The number of imidazole rings is 1. The van der Waals surface area contributed by atoms with E-state index >= 15 is 0 Å². The van der Waals surface area contributed by atoms with Crippen molar-refractivity contribution in [3.05, 3.63) is 12.1 Å². The summed E-state index contributed by atoms with van der Waals surface area (Å²) >= 11 is 0. The highest BCUT2D eigenvalue weighted by atomic mass is 16.5. The highest BCUT2D eigenvalue weighted by Crippen LogP contribution is 2.14. The summed E-state index contributed by atoms with van der Waals surface area (Å²) in [4.78, 5) is 14.6. The van der Waals surface area contributed by atoms with Gasteiger partial charge in [-0.3, -0.25) is 4.79 Å². The van der Waals surface area contributed by atoms with Gasteiger partial charge in [0.05, 0.1) is 6.33 Å². The zero-order valence-corrected chi connectivity index (χ0v) is 6.31. The molecule has 2 heterocycles. The minimum absolute atomic E-state index is 0.0463. The SMILES string of the molecule is Cn1cnc2noc(C(N)=O)c21. The quantitative estimate of drug-likeness (QED) is 0.627. The average Bonchev–Trinajstić information content (AvgIpc) is 2.53. The number of primary amides is 1. The first kappa shape index (κ1) is 6.84. The first-order chi connectivity index (χ1) is 5.70. The van der Waals surface area contributed by atoms with Gasteiger partial charge in [0.25, 0.3) is 5.91 Å². The second-order valence-corrected chi connectivity index (χ2v) is 2.40. The van der Waals surface area contributed by atoms with Gasteiger partial charge in [-0.05, 0) is 0 Å². The molecule has 0 saturated heterocycles. The summed E-state index contributed by atoms with van der Waals surface area (Å²) in [6.45, 7) is 0. The van der Waals surface area contributed by atoms with E-state index in [1.165, 1.54) is 0 Å². The maximum absolute atomic E-state index is 10.8. The molecule has 0 aliphatic rings. The van der Waals surface area contributed by atoms with Crippen molar-refractivity contribution in [2.24, 2.45) is 12.8 Å². The Morgan fingerprint density at radius 2 is 2.50 bits per heavy atom. The molecule has 2 N–H and O–H groups in total. The summed E-state index contributed by atoms with van der Waals surface area (Å²) in [5, 5.41) is 3.55. The van der Waals surface area contributed by atoms with Crippen LogP contribution in [-0.2, 0) is 7.05 Å². The van der Waals surface area contributed by atoms with E-state index in [1.54, 1.807) is 17.9 Å². The molecule has 0 bridgehead atoms. The topological polar surface area (TPSA) is 86.9 Å². The number of hydrogen-bond donors (Lipinski definition) is 1. The van der Waals surface area contributed by atoms with Crippen molar-refractivity contribution in [3.8, 4) is 0 Å². The maximum atomic E-state index is 10.8. The molecule has 0 aliphatic heterocycles. The van der Waals surface area contributed by atoms with E-state index in [2.05, 4.69) is 14.7 Å². The number of carbonyl (C=O) groups is 1. The molecule has 12 heavy (non-hydrogen) atoms. The van der Waals surface area contributed by atoms with Gasteiger partial charge in [0.1, 0.15) is 5.52 Å². The number of hydrogen-bond acceptors (Lipinski definition) is 4. The van der Waals surface area contributed by atoms with Gasteiger partial charge >= 0.3 is 0 Å². The number of carbonyl (C=O) groups excluding carboxylic acids is 1. The van der Waals surface area contributed by atoms with Gasteiger partial charge < -0.3 is 14.8 Å². The fourth-order valence-electron chi connectivity index (χ4n) is 1.04. The van der Waals surface area contributed by atoms with Crippen molar-refractivity contribution in [3.63, 3.8) is 0 Å². The fraction of sp³-hybridized carbons (Fsp3) is 0.167. The van der Waals surface area contributed by atoms with Crippen LogP contribution < -0.4 is 5.73 Å². The second-order valence-electron chi connectivity index (χ2n) is 2.40. The van der Waals surface area contributed by atoms with Gasteiger partial charge in [-0.2, -0.15) is 0 Å². The minimum Gasteiger partial charge on any atom is -0.363 e. The molecule has 62 valence electrons. The molecule has 0 unspecified atom stereocenters. The van der Waals surface area contributed by atoms with E-state index in [-0.39, 0.29) is 5.76 Å². The van der Waals surface area contributed by atoms with E-state index in [0.717, 1.165) is 0 Å². The van der Waals surface area contributed by atoms with E-state index in [4.69, 9.17) is 5.73 Å². The minimum atomic E-state index is -0.638. The van der Waals surface area contributed by atoms with Gasteiger partial charge in [0, 0.05) is 7.05 Å². The third kappa shape index (κ3) is 0.714. The van der Waals surface area contributed by atoms with Crippen molar-refractivity contribution in [2.45, 2.75) is 0 Å². The molecule has 2 aromatic rings. The zero-order chi connectivity index (χ0) is 8.72. The average molecular weight is 166 g/mol. The molecular weight excluding hydrogens is 160 g/mol. The number of rotatable bonds is 1. The summed E-state index contributed by atoms with van der Waals surface area (Å²) in [7, 11) is 1.74. The van der Waals surface area contributed by atoms with Crippen molar-refractivity contribution >= 4 is 17.1 Å². The summed E-state index contributed by atoms with van der Waals surface area (Å²) in [6.07, 6.45) is 1.54. The Kier molecular flexibility index (Phi) is 1.18. The molecule has 0 saturated carbocycles. The Labute approximate surface area is 66.9 Å². The molecule has 0 aliphatic carbocycles. The fourth-order valence-corrected chi connectivity index (χ4v) is 1.04. The molecule has 1 amide bonds. The molecule has 2 rings (SSSR count). The molecule has 6 nitrogen and oxygen atoms in total. The Balaban J connectivity index is 2.83. The number of fused-ring (bicyclic) bond motifs is 1. The third-order valence-electron chi connectivity index (χ3n) is 1.58. The molecule has 0 aromatic carbocycles. The lowest BCUT2D eigenvalue weighted by atomic mass is 10.4. The largest absolute Gasteiger partial charge is 0.363 e. The van der Waals surface area contributed by atoms with Gasteiger partial charge in [-0.1, -0.05) is 5.16 Å². The van der Waals surface area contributed by atoms with E-state index < -0.39 is 5.91 Å². The number of nitrogens with zero attached hydrogens (tertiary/aromatic N) is 3. The molecule has 2 aromatic heterocycles. The monoisotopic (exact) mass is 166 g/mol. The normalized spacial score (nSPS) is 10.8. The Bertz CT molecular complexity index is 441. The van der Waals surface area contributed by atoms with Crippen molar-refractivity contribution in [1.82, 2.24) is 14.7 Å². The lowest BCUT2D eigenvalue weighted by molar-refractivity contribution is 0.0967. The van der Waals surface area contributed by atoms with Crippen LogP contribution in [-0.4, -0.2) is 20.6 Å². The lowest BCUT2D eigenvalue weighted by Gasteiger charge is -1.89. The number of aromatic nitrogens is 3. The third-order valence-corrected chi connectivity index (χ3v) is 1.58. The second kappa shape index (κ2) is 2.07. The molecule has 6 heteroatoms. The Hall–Kier alpha value is -1.85. The summed E-state index contributed by atoms with van der Waals surface area (Å²) < 4.78 is 6.32. The highest BCUT2D eigenvalue weighted by molar-refractivity contribution is 6.00. The molecule has 0 atom stereocenters. The molecule has 0 radical (unpaired) electrons. The lowest BCUT2D eigenvalue weighted by Crippen LogP contribution is -2.10. The predicted molar refractivity (Wildman–Crippen MR) is 39.3 cm³/mol. The molecule has 0 spiro atoms. The maximum Gasteiger partial charge on any atom is 0.289 e. The van der Waals surface area contributed by atoms with Crippen LogP contribution in [0.25, 0.3) is 11.2 Å². The van der Waals surface area contributed by atoms with Crippen LogP contribution in [0.3, 0.4) is 0 Å². The van der Waals surface area contributed by atoms with E-state index in [9.17, 15) is 4.79 Å². The van der Waals surface area contributed by atoms with Crippen LogP contribution in [0.4, 0.5) is 0 Å². The standard InChI is InChI=1S/C6H6N4O2/c1-10-2-8-6-3(10)4(5(7)11)12-9-6/h2H,1H3,(H2,7,11). The van der Waals surface area contributed by atoms with Crippen LogP contribution in [0, 0.1) is 0 Å². The summed E-state index contributed by atoms with van der Waals surface area (Å²) in [5.74, 6) is -0.592. The first-order valence-corrected chi connectivity index (χ1v) is 3.26. The van der Waals surface area contributed by atoms with E-state index in [1.807, 2.05) is 0 Å². The van der Waals surface area contributed by atoms with Crippen LogP contribution in [0.1, 0.15) is 10.6 Å². The molecular formula is C6H6N4O2. The van der Waals surface area contributed by atoms with E-state index in [0.29, 0.717) is 11.2 Å². The summed E-state index contributed by atoms with van der Waals surface area (Å²) in [5.41, 5.74) is 5.96. The van der Waals surface area contributed by atoms with Crippen molar-refractivity contribution in [2.75, 3.05) is 0 Å². The Morgan fingerprint density at radius 1 is 1.75 bits per heavy atom. The van der Waals surface area contributed by atoms with Crippen molar-refractivity contribution < 1.29 is 9.32 Å².